The van der Waals surface area contributed by atoms with Crippen molar-refractivity contribution < 1.29 is 4.57 Å². The van der Waals surface area contributed by atoms with Gasteiger partial charge < -0.3 is 0 Å². The number of rotatable bonds is 1. The number of fused-ring (bicyclic) bond motifs is 3. The highest BCUT2D eigenvalue weighted by molar-refractivity contribution is 5.92. The van der Waals surface area contributed by atoms with Crippen molar-refractivity contribution in [2.24, 2.45) is 7.05 Å². The standard InChI is InChI=1S/C23H24N/c1-15-10-13-20(24(5)14-15)21-16(2)11-12-19-22(21)17-8-6-7-9-18(17)23(19,3)4/h6-14H,1-5H3/q+1. The summed E-state index contributed by atoms with van der Waals surface area (Å²) in [7, 11) is 2.15. The summed E-state index contributed by atoms with van der Waals surface area (Å²) in [5, 5.41) is 0. The quantitative estimate of drug-likeness (QED) is 0.550. The van der Waals surface area contributed by atoms with Gasteiger partial charge in [-0.25, -0.2) is 4.57 Å². The minimum Gasteiger partial charge on any atom is -0.201 e. The third-order valence-electron chi connectivity index (χ3n) is 5.49. The monoisotopic (exact) mass is 314 g/mol. The van der Waals surface area contributed by atoms with Gasteiger partial charge in [0, 0.05) is 22.6 Å². The van der Waals surface area contributed by atoms with Crippen molar-refractivity contribution >= 4 is 0 Å². The zero-order valence-electron chi connectivity index (χ0n) is 15.1. The molecule has 0 N–H and O–H groups in total. The highest BCUT2D eigenvalue weighted by atomic mass is 14.9. The number of aryl methyl sites for hydroxylation is 3. The molecule has 0 bridgehead atoms. The Kier molecular flexibility index (Phi) is 3.18. The van der Waals surface area contributed by atoms with Crippen molar-refractivity contribution in [2.75, 3.05) is 0 Å². The summed E-state index contributed by atoms with van der Waals surface area (Å²) in [5.41, 5.74) is 11.0. The van der Waals surface area contributed by atoms with Crippen LogP contribution >= 0.6 is 0 Å². The number of nitrogens with zero attached hydrogens (tertiary/aromatic N) is 1. The van der Waals surface area contributed by atoms with Crippen molar-refractivity contribution in [3.8, 4) is 22.4 Å². The summed E-state index contributed by atoms with van der Waals surface area (Å²) in [5.74, 6) is 0. The van der Waals surface area contributed by atoms with Crippen LogP contribution in [0.1, 0.15) is 36.1 Å². The molecule has 0 radical (unpaired) electrons. The molecule has 0 aliphatic heterocycles. The number of benzene rings is 2. The van der Waals surface area contributed by atoms with E-state index >= 15 is 0 Å². The lowest BCUT2D eigenvalue weighted by Gasteiger charge is -2.21. The molecule has 1 nitrogen and oxygen atoms in total. The largest absolute Gasteiger partial charge is 0.213 e. The third-order valence-corrected chi connectivity index (χ3v) is 5.49. The molecular weight excluding hydrogens is 290 g/mol. The molecule has 120 valence electrons. The minimum atomic E-state index is 0.0532. The van der Waals surface area contributed by atoms with E-state index in [0.717, 1.165) is 0 Å². The van der Waals surface area contributed by atoms with Gasteiger partial charge in [-0.3, -0.25) is 0 Å². The van der Waals surface area contributed by atoms with Gasteiger partial charge in [-0.1, -0.05) is 50.2 Å². The van der Waals surface area contributed by atoms with Gasteiger partial charge in [0.05, 0.1) is 5.56 Å². The number of hydrogen-bond acceptors (Lipinski definition) is 0. The highest BCUT2D eigenvalue weighted by Gasteiger charge is 2.38. The molecule has 4 rings (SSSR count). The van der Waals surface area contributed by atoms with Gasteiger partial charge in [0.15, 0.2) is 6.20 Å². The maximum Gasteiger partial charge on any atom is 0.213 e. The summed E-state index contributed by atoms with van der Waals surface area (Å²) in [6.07, 6.45) is 2.21. The van der Waals surface area contributed by atoms with Crippen LogP contribution in [-0.2, 0) is 12.5 Å². The fourth-order valence-electron chi connectivity index (χ4n) is 4.23. The van der Waals surface area contributed by atoms with Crippen LogP contribution in [0.2, 0.25) is 0 Å². The van der Waals surface area contributed by atoms with Crippen LogP contribution in [0.4, 0.5) is 0 Å². The van der Waals surface area contributed by atoms with E-state index in [9.17, 15) is 0 Å². The Labute approximate surface area is 144 Å². The SMILES string of the molecule is Cc1ccc(-c2c(C)ccc3c2-c2ccccc2C3(C)C)[n+](C)c1. The van der Waals surface area contributed by atoms with E-state index in [1.54, 1.807) is 0 Å². The van der Waals surface area contributed by atoms with Gasteiger partial charge in [-0.15, -0.1) is 0 Å². The van der Waals surface area contributed by atoms with E-state index in [-0.39, 0.29) is 5.41 Å². The van der Waals surface area contributed by atoms with Gasteiger partial charge in [-0.05, 0) is 42.2 Å². The molecule has 1 aliphatic carbocycles. The molecular formula is C23H24N+. The summed E-state index contributed by atoms with van der Waals surface area (Å²) in [6.45, 7) is 9.05. The Morgan fingerprint density at radius 1 is 0.792 bits per heavy atom. The van der Waals surface area contributed by atoms with Crippen LogP contribution in [0.3, 0.4) is 0 Å². The topological polar surface area (TPSA) is 3.88 Å². The predicted octanol–water partition coefficient (Wildman–Crippen LogP) is 5.10. The lowest BCUT2D eigenvalue weighted by molar-refractivity contribution is -0.660. The van der Waals surface area contributed by atoms with E-state index in [0.29, 0.717) is 0 Å². The number of pyridine rings is 1. The molecule has 1 aliphatic rings. The van der Waals surface area contributed by atoms with Gasteiger partial charge in [0.25, 0.3) is 0 Å². The Balaban J connectivity index is 2.12. The number of aromatic nitrogens is 1. The van der Waals surface area contributed by atoms with E-state index in [4.69, 9.17) is 0 Å². The molecule has 2 aromatic carbocycles. The van der Waals surface area contributed by atoms with Crippen LogP contribution in [0.5, 0.6) is 0 Å². The van der Waals surface area contributed by atoms with E-state index in [1.165, 1.54) is 44.6 Å². The minimum absolute atomic E-state index is 0.0532. The first kappa shape index (κ1) is 15.1. The molecule has 0 saturated carbocycles. The Hall–Kier alpha value is -2.41. The molecule has 3 aromatic rings. The highest BCUT2D eigenvalue weighted by Crippen LogP contribution is 2.52. The first-order valence-electron chi connectivity index (χ1n) is 8.62. The fourth-order valence-corrected chi connectivity index (χ4v) is 4.23. The molecule has 0 atom stereocenters. The van der Waals surface area contributed by atoms with Crippen LogP contribution < -0.4 is 4.57 Å². The first-order chi connectivity index (χ1) is 11.4. The number of hydrogen-bond donors (Lipinski definition) is 0. The molecule has 1 aromatic heterocycles. The Bertz CT molecular complexity index is 964. The molecule has 24 heavy (non-hydrogen) atoms. The van der Waals surface area contributed by atoms with E-state index in [2.05, 4.69) is 94.0 Å². The third kappa shape index (κ3) is 1.97. The summed E-state index contributed by atoms with van der Waals surface area (Å²) in [4.78, 5) is 0. The normalized spacial score (nSPS) is 14.4. The average molecular weight is 314 g/mol. The Morgan fingerprint density at radius 2 is 1.54 bits per heavy atom. The van der Waals surface area contributed by atoms with E-state index in [1.807, 2.05) is 0 Å². The van der Waals surface area contributed by atoms with Crippen molar-refractivity contribution in [3.05, 3.63) is 77.0 Å². The van der Waals surface area contributed by atoms with Crippen LogP contribution in [0.25, 0.3) is 22.4 Å². The lowest BCUT2D eigenvalue weighted by atomic mass is 9.81. The van der Waals surface area contributed by atoms with Crippen molar-refractivity contribution in [1.29, 1.82) is 0 Å². The fraction of sp³-hybridized carbons (Fsp3) is 0.261. The Morgan fingerprint density at radius 3 is 2.29 bits per heavy atom. The van der Waals surface area contributed by atoms with Crippen molar-refractivity contribution in [1.82, 2.24) is 0 Å². The van der Waals surface area contributed by atoms with Gasteiger partial charge in [-0.2, -0.15) is 0 Å². The summed E-state index contributed by atoms with van der Waals surface area (Å²) >= 11 is 0. The molecule has 0 fully saturated rings. The van der Waals surface area contributed by atoms with Crippen molar-refractivity contribution in [3.63, 3.8) is 0 Å². The molecule has 0 saturated heterocycles. The smallest absolute Gasteiger partial charge is 0.201 e. The van der Waals surface area contributed by atoms with Gasteiger partial charge in [0.2, 0.25) is 5.69 Å². The maximum absolute atomic E-state index is 2.34. The second kappa shape index (κ2) is 5.04. The molecule has 0 spiro atoms. The maximum atomic E-state index is 2.34. The van der Waals surface area contributed by atoms with Gasteiger partial charge >= 0.3 is 0 Å². The van der Waals surface area contributed by atoms with Crippen LogP contribution in [0.15, 0.2) is 54.7 Å². The molecule has 1 heterocycles. The van der Waals surface area contributed by atoms with Crippen molar-refractivity contribution in [2.45, 2.75) is 33.1 Å². The molecule has 0 amide bonds. The first-order valence-corrected chi connectivity index (χ1v) is 8.62. The summed E-state index contributed by atoms with van der Waals surface area (Å²) in [6, 6.07) is 17.9. The van der Waals surface area contributed by atoms with Crippen LogP contribution in [-0.4, -0.2) is 0 Å². The van der Waals surface area contributed by atoms with Gasteiger partial charge in [0.1, 0.15) is 7.05 Å². The zero-order valence-corrected chi connectivity index (χ0v) is 15.1. The second-order valence-electron chi connectivity index (χ2n) is 7.55. The van der Waals surface area contributed by atoms with Crippen LogP contribution in [0, 0.1) is 13.8 Å². The second-order valence-corrected chi connectivity index (χ2v) is 7.55. The molecule has 1 heteroatoms. The zero-order chi connectivity index (χ0) is 17.1. The predicted molar refractivity (Wildman–Crippen MR) is 100 cm³/mol. The summed E-state index contributed by atoms with van der Waals surface area (Å²) < 4.78 is 2.26. The average Bonchev–Trinajstić information content (AvgIpc) is 2.77. The van der Waals surface area contributed by atoms with E-state index < -0.39 is 0 Å². The lowest BCUT2D eigenvalue weighted by Crippen LogP contribution is -2.31. The molecule has 0 unspecified atom stereocenters.